The summed E-state index contributed by atoms with van der Waals surface area (Å²) in [6.07, 6.45) is 1.48. The van der Waals surface area contributed by atoms with Gasteiger partial charge in [0.25, 0.3) is 0 Å². The lowest BCUT2D eigenvalue weighted by Crippen LogP contribution is -2.11. The zero-order valence-corrected chi connectivity index (χ0v) is 14.5. The molecule has 0 aliphatic rings. The van der Waals surface area contributed by atoms with Crippen LogP contribution in [0.5, 0.6) is 0 Å². The third-order valence-electron chi connectivity index (χ3n) is 3.26. The van der Waals surface area contributed by atoms with Crippen LogP contribution in [0, 0.1) is 0 Å². The van der Waals surface area contributed by atoms with Crippen molar-refractivity contribution in [1.29, 1.82) is 0 Å². The van der Waals surface area contributed by atoms with Crippen LogP contribution in [-0.2, 0) is 11.3 Å². The molecule has 0 N–H and O–H groups in total. The van der Waals surface area contributed by atoms with Crippen molar-refractivity contribution >= 4 is 17.6 Å². The average Bonchev–Trinajstić information content (AvgIpc) is 3.05. The average molecular weight is 358 g/mol. The Hall–Kier alpha value is -2.80. The number of ether oxygens (including phenoxy) is 1. The number of nitrogens with zero attached hydrogens (tertiary/aromatic N) is 5. The first-order chi connectivity index (χ1) is 12.0. The second kappa shape index (κ2) is 7.40. The minimum Gasteiger partial charge on any atom is -0.459 e. The Morgan fingerprint density at radius 2 is 2.12 bits per heavy atom. The molecule has 0 saturated heterocycles. The normalized spacial score (nSPS) is 10.9. The van der Waals surface area contributed by atoms with E-state index in [0.29, 0.717) is 28.6 Å². The summed E-state index contributed by atoms with van der Waals surface area (Å²) in [4.78, 5) is 17.5. The molecule has 0 fully saturated rings. The van der Waals surface area contributed by atoms with E-state index in [9.17, 15) is 4.79 Å². The van der Waals surface area contributed by atoms with Crippen molar-refractivity contribution in [3.63, 3.8) is 0 Å². The summed E-state index contributed by atoms with van der Waals surface area (Å²) in [5, 5.41) is 12.8. The number of benzene rings is 1. The van der Waals surface area contributed by atoms with Gasteiger partial charge in [0.05, 0.1) is 18.2 Å². The molecule has 2 heterocycles. The van der Waals surface area contributed by atoms with Gasteiger partial charge < -0.3 is 4.74 Å². The van der Waals surface area contributed by atoms with Crippen LogP contribution in [0.15, 0.2) is 42.6 Å². The smallest absolute Gasteiger partial charge is 0.338 e. The molecule has 25 heavy (non-hydrogen) atoms. The number of rotatable bonds is 5. The summed E-state index contributed by atoms with van der Waals surface area (Å²) >= 11 is 5.77. The van der Waals surface area contributed by atoms with Gasteiger partial charge in [-0.15, -0.1) is 10.2 Å². The van der Waals surface area contributed by atoms with E-state index in [0.717, 1.165) is 5.56 Å². The Morgan fingerprint density at radius 3 is 2.84 bits per heavy atom. The van der Waals surface area contributed by atoms with Crippen LogP contribution in [0.1, 0.15) is 29.8 Å². The van der Waals surface area contributed by atoms with Gasteiger partial charge in [-0.05, 0) is 42.8 Å². The summed E-state index contributed by atoms with van der Waals surface area (Å²) in [5.74, 6) is 0.0533. The van der Waals surface area contributed by atoms with Gasteiger partial charge in [-0.3, -0.25) is 0 Å². The number of halogens is 1. The molecule has 0 saturated carbocycles. The van der Waals surface area contributed by atoms with Crippen LogP contribution in [0.4, 0.5) is 0 Å². The van der Waals surface area contributed by atoms with E-state index < -0.39 is 0 Å². The Kier molecular flexibility index (Phi) is 5.04. The first-order valence-corrected chi connectivity index (χ1v) is 8.09. The first-order valence-electron chi connectivity index (χ1n) is 7.71. The number of hydrogen-bond donors (Lipinski definition) is 0. The van der Waals surface area contributed by atoms with Crippen molar-refractivity contribution in [3.8, 4) is 11.4 Å². The fraction of sp³-hybridized carbons (Fsp3) is 0.235. The second-order valence-corrected chi connectivity index (χ2v) is 6.05. The Labute approximate surface area is 149 Å². The molecule has 128 valence electrons. The number of esters is 1. The predicted molar refractivity (Wildman–Crippen MR) is 92.2 cm³/mol. The zero-order chi connectivity index (χ0) is 17.8. The molecule has 0 aliphatic carbocycles. The van der Waals surface area contributed by atoms with Crippen LogP contribution in [-0.4, -0.2) is 37.3 Å². The molecule has 0 unspecified atom stereocenters. The van der Waals surface area contributed by atoms with Gasteiger partial charge in [-0.2, -0.15) is 4.80 Å². The van der Waals surface area contributed by atoms with Crippen molar-refractivity contribution in [2.75, 3.05) is 0 Å². The molecular weight excluding hydrogens is 342 g/mol. The third kappa shape index (κ3) is 4.39. The topological polar surface area (TPSA) is 82.8 Å². The molecule has 3 aromatic rings. The van der Waals surface area contributed by atoms with Gasteiger partial charge in [0.15, 0.2) is 0 Å². The number of pyridine rings is 1. The zero-order valence-electron chi connectivity index (χ0n) is 13.8. The highest BCUT2D eigenvalue weighted by Gasteiger charge is 2.12. The SMILES string of the molecule is CC(C)OC(=O)c1cccc(-c2nnn(Cc3ccc(Cl)nc3)n2)c1. The number of carbonyl (C=O) groups excluding carboxylic acids is 1. The van der Waals surface area contributed by atoms with E-state index in [4.69, 9.17) is 16.3 Å². The minimum absolute atomic E-state index is 0.178. The molecule has 3 rings (SSSR count). The highest BCUT2D eigenvalue weighted by atomic mass is 35.5. The number of carbonyl (C=O) groups is 1. The largest absolute Gasteiger partial charge is 0.459 e. The lowest BCUT2D eigenvalue weighted by molar-refractivity contribution is 0.0378. The van der Waals surface area contributed by atoms with E-state index >= 15 is 0 Å². The fourth-order valence-electron chi connectivity index (χ4n) is 2.16. The van der Waals surface area contributed by atoms with E-state index in [1.807, 2.05) is 12.1 Å². The first kappa shape index (κ1) is 17.0. The molecule has 2 aromatic heterocycles. The van der Waals surface area contributed by atoms with Crippen LogP contribution in [0.3, 0.4) is 0 Å². The summed E-state index contributed by atoms with van der Waals surface area (Å²) in [6, 6.07) is 10.5. The van der Waals surface area contributed by atoms with Crippen molar-refractivity contribution in [3.05, 3.63) is 58.9 Å². The van der Waals surface area contributed by atoms with E-state index in [2.05, 4.69) is 20.4 Å². The molecule has 0 aliphatic heterocycles. The van der Waals surface area contributed by atoms with Crippen LogP contribution in [0.25, 0.3) is 11.4 Å². The summed E-state index contributed by atoms with van der Waals surface area (Å²) < 4.78 is 5.20. The number of hydrogen-bond acceptors (Lipinski definition) is 6. The van der Waals surface area contributed by atoms with E-state index in [1.165, 1.54) is 4.80 Å². The van der Waals surface area contributed by atoms with Crippen molar-refractivity contribution in [1.82, 2.24) is 25.2 Å². The lowest BCUT2D eigenvalue weighted by atomic mass is 10.1. The second-order valence-electron chi connectivity index (χ2n) is 5.67. The molecule has 1 aromatic carbocycles. The Bertz CT molecular complexity index is 877. The minimum atomic E-state index is -0.378. The number of aromatic nitrogens is 5. The number of tetrazole rings is 1. The third-order valence-corrected chi connectivity index (χ3v) is 3.49. The highest BCUT2D eigenvalue weighted by molar-refractivity contribution is 6.29. The van der Waals surface area contributed by atoms with Crippen molar-refractivity contribution in [2.45, 2.75) is 26.5 Å². The van der Waals surface area contributed by atoms with Crippen molar-refractivity contribution < 1.29 is 9.53 Å². The standard InChI is InChI=1S/C17H16ClN5O2/c1-11(2)25-17(24)14-5-3-4-13(8-14)16-20-22-23(21-16)10-12-6-7-15(18)19-9-12/h3-9,11H,10H2,1-2H3. The van der Waals surface area contributed by atoms with Crippen LogP contribution >= 0.6 is 11.6 Å². The van der Waals surface area contributed by atoms with E-state index in [1.54, 1.807) is 44.3 Å². The van der Waals surface area contributed by atoms with Gasteiger partial charge in [0, 0.05) is 11.8 Å². The molecule has 8 heteroatoms. The Morgan fingerprint density at radius 1 is 1.28 bits per heavy atom. The van der Waals surface area contributed by atoms with Gasteiger partial charge in [-0.25, -0.2) is 9.78 Å². The summed E-state index contributed by atoms with van der Waals surface area (Å²) in [7, 11) is 0. The summed E-state index contributed by atoms with van der Waals surface area (Å²) in [5.41, 5.74) is 2.05. The van der Waals surface area contributed by atoms with Gasteiger partial charge >= 0.3 is 5.97 Å². The molecular formula is C17H16ClN5O2. The molecule has 0 amide bonds. The molecule has 0 radical (unpaired) electrons. The van der Waals surface area contributed by atoms with E-state index in [-0.39, 0.29) is 12.1 Å². The summed E-state index contributed by atoms with van der Waals surface area (Å²) in [6.45, 7) is 4.04. The molecule has 0 bridgehead atoms. The van der Waals surface area contributed by atoms with Crippen LogP contribution in [0.2, 0.25) is 5.15 Å². The maximum absolute atomic E-state index is 12.0. The molecule has 0 spiro atoms. The fourth-order valence-corrected chi connectivity index (χ4v) is 2.27. The highest BCUT2D eigenvalue weighted by Crippen LogP contribution is 2.17. The maximum atomic E-state index is 12.0. The van der Waals surface area contributed by atoms with Crippen molar-refractivity contribution in [2.24, 2.45) is 0 Å². The molecule has 7 nitrogen and oxygen atoms in total. The lowest BCUT2D eigenvalue weighted by Gasteiger charge is -2.08. The van der Waals surface area contributed by atoms with Crippen LogP contribution < -0.4 is 0 Å². The van der Waals surface area contributed by atoms with Gasteiger partial charge in [0.1, 0.15) is 5.15 Å². The quantitative estimate of drug-likeness (QED) is 0.515. The monoisotopic (exact) mass is 357 g/mol. The van der Waals surface area contributed by atoms with Gasteiger partial charge in [-0.1, -0.05) is 29.8 Å². The Balaban J connectivity index is 1.78. The van der Waals surface area contributed by atoms with Gasteiger partial charge in [0.2, 0.25) is 5.82 Å². The maximum Gasteiger partial charge on any atom is 0.338 e. The molecule has 0 atom stereocenters. The predicted octanol–water partition coefficient (Wildman–Crippen LogP) is 3.00.